The molecular weight excluding hydrogens is 298 g/mol. The lowest BCUT2D eigenvalue weighted by molar-refractivity contribution is -0.137. The molecule has 0 saturated heterocycles. The quantitative estimate of drug-likeness (QED) is 0.495. The summed E-state index contributed by atoms with van der Waals surface area (Å²) < 4.78 is 0.372. The van der Waals surface area contributed by atoms with Crippen LogP contribution in [0.15, 0.2) is 21.5 Å². The van der Waals surface area contributed by atoms with E-state index in [2.05, 4.69) is 15.9 Å². The molecule has 0 spiro atoms. The van der Waals surface area contributed by atoms with Gasteiger partial charge in [-0.25, -0.2) is 0 Å². The second-order valence-corrected chi connectivity index (χ2v) is 4.94. The van der Waals surface area contributed by atoms with Gasteiger partial charge >= 0.3 is 5.97 Å². The number of phenols is 2. The van der Waals surface area contributed by atoms with Crippen molar-refractivity contribution in [1.82, 2.24) is 0 Å². The third kappa shape index (κ3) is 3.29. The van der Waals surface area contributed by atoms with Crippen LogP contribution < -0.4 is 5.73 Å². The number of aromatic hydroxyl groups is 2. The Balaban J connectivity index is 2.74. The fourth-order valence-electron chi connectivity index (χ4n) is 0.899. The molecule has 0 aliphatic rings. The number of hydrogen-bond donors (Lipinski definition) is 4. The highest BCUT2D eigenvalue weighted by Crippen LogP contribution is 2.36. The summed E-state index contributed by atoms with van der Waals surface area (Å²) in [4.78, 5) is 10.9. The first-order valence-electron chi connectivity index (χ1n) is 4.24. The van der Waals surface area contributed by atoms with Crippen LogP contribution in [0, 0.1) is 0 Å². The summed E-state index contributed by atoms with van der Waals surface area (Å²) in [6.07, 6.45) is 0. The minimum absolute atomic E-state index is 0.0239. The number of carboxylic acid groups (broad SMARTS) is 1. The van der Waals surface area contributed by atoms with E-state index >= 15 is 0 Å². The number of hydrogen-bond acceptors (Lipinski definition) is 5. The Kier molecular flexibility index (Phi) is 4.45. The lowest BCUT2D eigenvalue weighted by atomic mass is 10.3. The molecule has 88 valence electrons. The van der Waals surface area contributed by atoms with E-state index in [4.69, 9.17) is 10.8 Å². The number of carbonyl (C=O) groups is 1. The van der Waals surface area contributed by atoms with Crippen LogP contribution in [-0.4, -0.2) is 33.1 Å². The van der Waals surface area contributed by atoms with Crippen molar-refractivity contribution in [1.29, 1.82) is 0 Å². The van der Waals surface area contributed by atoms with E-state index in [-0.39, 0.29) is 17.3 Å². The minimum atomic E-state index is -1.10. The molecule has 1 aromatic carbocycles. The number of benzene rings is 1. The van der Waals surface area contributed by atoms with Gasteiger partial charge in [-0.3, -0.25) is 4.79 Å². The molecule has 0 aliphatic carbocycles. The standard InChI is InChI=1S/C9H10BrNO4S/c10-4-1-7(13)8(2-6(4)12)16-3-5(11)9(14)15/h1-2,5,12-13H,3,11H2,(H,14,15)/t5-/m0/s1. The van der Waals surface area contributed by atoms with Crippen LogP contribution in [-0.2, 0) is 4.79 Å². The zero-order valence-electron chi connectivity index (χ0n) is 8.05. The highest BCUT2D eigenvalue weighted by molar-refractivity contribution is 9.10. The zero-order chi connectivity index (χ0) is 12.3. The van der Waals surface area contributed by atoms with Crippen molar-refractivity contribution in [3.63, 3.8) is 0 Å². The summed E-state index contributed by atoms with van der Waals surface area (Å²) in [7, 11) is 0. The maximum absolute atomic E-state index is 10.5. The van der Waals surface area contributed by atoms with Gasteiger partial charge in [0.15, 0.2) is 0 Å². The number of thioether (sulfide) groups is 1. The summed E-state index contributed by atoms with van der Waals surface area (Å²) in [6, 6.07) is 1.68. The Morgan fingerprint density at radius 3 is 2.62 bits per heavy atom. The Morgan fingerprint density at radius 1 is 1.44 bits per heavy atom. The van der Waals surface area contributed by atoms with E-state index in [1.54, 1.807) is 0 Å². The van der Waals surface area contributed by atoms with Crippen molar-refractivity contribution in [2.24, 2.45) is 5.73 Å². The van der Waals surface area contributed by atoms with Crippen LogP contribution in [0.25, 0.3) is 0 Å². The van der Waals surface area contributed by atoms with Crippen LogP contribution in [0.3, 0.4) is 0 Å². The zero-order valence-corrected chi connectivity index (χ0v) is 10.5. The van der Waals surface area contributed by atoms with Gasteiger partial charge in [-0.1, -0.05) is 0 Å². The third-order valence-electron chi connectivity index (χ3n) is 1.76. The Morgan fingerprint density at radius 2 is 2.06 bits per heavy atom. The maximum atomic E-state index is 10.5. The van der Waals surface area contributed by atoms with Gasteiger partial charge in [-0.15, -0.1) is 11.8 Å². The van der Waals surface area contributed by atoms with Gasteiger partial charge in [0, 0.05) is 5.75 Å². The van der Waals surface area contributed by atoms with Crippen LogP contribution in [0.4, 0.5) is 0 Å². The average molecular weight is 308 g/mol. The van der Waals surface area contributed by atoms with E-state index in [0.29, 0.717) is 9.37 Å². The normalized spacial score (nSPS) is 12.4. The number of halogens is 1. The van der Waals surface area contributed by atoms with Gasteiger partial charge in [0.1, 0.15) is 17.5 Å². The van der Waals surface area contributed by atoms with Crippen molar-refractivity contribution < 1.29 is 20.1 Å². The number of carboxylic acids is 1. The lowest BCUT2D eigenvalue weighted by Gasteiger charge is -2.08. The molecule has 0 heterocycles. The topological polar surface area (TPSA) is 104 Å². The summed E-state index contributed by atoms with van der Waals surface area (Å²) >= 11 is 4.12. The van der Waals surface area contributed by atoms with E-state index in [9.17, 15) is 15.0 Å². The Labute approximate surface area is 104 Å². The molecule has 0 saturated carbocycles. The molecule has 1 aromatic rings. The molecule has 0 aromatic heterocycles. The summed E-state index contributed by atoms with van der Waals surface area (Å²) in [5.74, 6) is -1.05. The van der Waals surface area contributed by atoms with Gasteiger partial charge < -0.3 is 21.1 Å². The first kappa shape index (κ1) is 13.1. The van der Waals surface area contributed by atoms with Gasteiger partial charge in [0.25, 0.3) is 0 Å². The van der Waals surface area contributed by atoms with E-state index < -0.39 is 12.0 Å². The lowest BCUT2D eigenvalue weighted by Crippen LogP contribution is -2.32. The molecule has 1 atom stereocenters. The van der Waals surface area contributed by atoms with Crippen LogP contribution in [0.2, 0.25) is 0 Å². The SMILES string of the molecule is N[C@@H](CSc1cc(O)c(Br)cc1O)C(=O)O. The molecule has 5 nitrogen and oxygen atoms in total. The third-order valence-corrected chi connectivity index (χ3v) is 3.56. The van der Waals surface area contributed by atoms with E-state index in [1.165, 1.54) is 12.1 Å². The molecule has 0 amide bonds. The first-order chi connectivity index (χ1) is 7.41. The Bertz CT molecular complexity index is 413. The first-order valence-corrected chi connectivity index (χ1v) is 6.02. The largest absolute Gasteiger partial charge is 0.507 e. The van der Waals surface area contributed by atoms with E-state index in [1.807, 2.05) is 0 Å². The molecule has 1 rings (SSSR count). The Hall–Kier alpha value is -0.920. The van der Waals surface area contributed by atoms with Gasteiger partial charge in [0.2, 0.25) is 0 Å². The molecule has 7 heteroatoms. The van der Waals surface area contributed by atoms with E-state index in [0.717, 1.165) is 11.8 Å². The monoisotopic (exact) mass is 307 g/mol. The highest BCUT2D eigenvalue weighted by atomic mass is 79.9. The van der Waals surface area contributed by atoms with Crippen molar-refractivity contribution in [2.45, 2.75) is 10.9 Å². The van der Waals surface area contributed by atoms with Gasteiger partial charge in [-0.05, 0) is 28.1 Å². The highest BCUT2D eigenvalue weighted by Gasteiger charge is 2.14. The van der Waals surface area contributed by atoms with Gasteiger partial charge in [-0.2, -0.15) is 0 Å². The molecular formula is C9H10BrNO4S. The van der Waals surface area contributed by atoms with Crippen molar-refractivity contribution in [3.8, 4) is 11.5 Å². The smallest absolute Gasteiger partial charge is 0.321 e. The summed E-state index contributed by atoms with van der Waals surface area (Å²) in [5, 5.41) is 27.5. The second kappa shape index (κ2) is 5.42. The predicted molar refractivity (Wildman–Crippen MR) is 63.8 cm³/mol. The maximum Gasteiger partial charge on any atom is 0.321 e. The van der Waals surface area contributed by atoms with Gasteiger partial charge in [0.05, 0.1) is 9.37 Å². The fourth-order valence-corrected chi connectivity index (χ4v) is 2.13. The van der Waals surface area contributed by atoms with Crippen LogP contribution in [0.5, 0.6) is 11.5 Å². The van der Waals surface area contributed by atoms with Crippen molar-refractivity contribution in [2.75, 3.05) is 5.75 Å². The molecule has 0 aliphatic heterocycles. The number of nitrogens with two attached hydrogens (primary N) is 1. The van der Waals surface area contributed by atoms with Crippen LogP contribution in [0.1, 0.15) is 0 Å². The molecule has 5 N–H and O–H groups in total. The molecule has 16 heavy (non-hydrogen) atoms. The average Bonchev–Trinajstić information content (AvgIpc) is 2.20. The molecule has 0 unspecified atom stereocenters. The predicted octanol–water partition coefficient (Wildman–Crippen LogP) is 1.36. The molecule has 0 radical (unpaired) electrons. The van der Waals surface area contributed by atoms with Crippen molar-refractivity contribution in [3.05, 3.63) is 16.6 Å². The molecule has 0 bridgehead atoms. The molecule has 0 fully saturated rings. The number of phenolic OH excluding ortho intramolecular Hbond substituents is 2. The minimum Gasteiger partial charge on any atom is -0.507 e. The summed E-state index contributed by atoms with van der Waals surface area (Å²) in [5.41, 5.74) is 5.31. The summed E-state index contributed by atoms with van der Waals surface area (Å²) in [6.45, 7) is 0. The second-order valence-electron chi connectivity index (χ2n) is 3.03. The van der Waals surface area contributed by atoms with Crippen LogP contribution >= 0.6 is 27.7 Å². The van der Waals surface area contributed by atoms with Crippen molar-refractivity contribution >= 4 is 33.7 Å². The fraction of sp³-hybridized carbons (Fsp3) is 0.222. The number of rotatable bonds is 4. The number of aliphatic carboxylic acids is 1.